The number of nitrogens with one attached hydrogen (secondary N) is 1. The molecule has 0 radical (unpaired) electrons. The molecule has 4 atom stereocenters. The first-order valence-corrected chi connectivity index (χ1v) is 9.40. The van der Waals surface area contributed by atoms with Crippen LogP contribution in [0.2, 0.25) is 0 Å². The third-order valence-corrected chi connectivity index (χ3v) is 6.13. The largest absolute Gasteiger partial charge is 0.335 e. The Morgan fingerprint density at radius 1 is 1.20 bits per heavy atom. The van der Waals surface area contributed by atoms with Gasteiger partial charge in [-0.05, 0) is 50.0 Å². The number of halogens is 2. The minimum Gasteiger partial charge on any atom is -0.335 e. The van der Waals surface area contributed by atoms with E-state index in [4.69, 9.17) is 0 Å². The van der Waals surface area contributed by atoms with Crippen LogP contribution >= 0.6 is 12.4 Å². The molecular weight excluding hydrogens is 339 g/mol. The highest BCUT2D eigenvalue weighted by Gasteiger charge is 2.38. The summed E-state index contributed by atoms with van der Waals surface area (Å²) in [5.41, 5.74) is 0.681. The fourth-order valence-electron chi connectivity index (χ4n) is 5.07. The van der Waals surface area contributed by atoms with Gasteiger partial charge < -0.3 is 10.2 Å². The molecule has 3 nitrogen and oxygen atoms in total. The van der Waals surface area contributed by atoms with Crippen molar-refractivity contribution in [3.8, 4) is 0 Å². The Morgan fingerprint density at radius 3 is 2.56 bits per heavy atom. The van der Waals surface area contributed by atoms with E-state index in [1.807, 2.05) is 17.0 Å². The van der Waals surface area contributed by atoms with Crippen LogP contribution in [-0.2, 0) is 4.79 Å². The van der Waals surface area contributed by atoms with Crippen LogP contribution in [-0.4, -0.2) is 29.4 Å². The van der Waals surface area contributed by atoms with Crippen LogP contribution in [0, 0.1) is 17.7 Å². The van der Waals surface area contributed by atoms with E-state index in [0.29, 0.717) is 35.9 Å². The van der Waals surface area contributed by atoms with E-state index >= 15 is 0 Å². The van der Waals surface area contributed by atoms with Gasteiger partial charge >= 0.3 is 0 Å². The van der Waals surface area contributed by atoms with E-state index < -0.39 is 0 Å². The van der Waals surface area contributed by atoms with Crippen molar-refractivity contribution in [2.45, 2.75) is 63.6 Å². The van der Waals surface area contributed by atoms with Crippen LogP contribution in [0.3, 0.4) is 0 Å². The molecule has 1 amide bonds. The second-order valence-corrected chi connectivity index (χ2v) is 8.10. The maximum Gasteiger partial charge on any atom is 0.223 e. The third-order valence-electron chi connectivity index (χ3n) is 6.13. The molecule has 0 spiro atoms. The number of fused-ring (bicyclic) bond motifs is 2. The van der Waals surface area contributed by atoms with Crippen molar-refractivity contribution >= 4 is 18.3 Å². The first-order chi connectivity index (χ1) is 11.6. The molecule has 3 fully saturated rings. The molecule has 0 saturated carbocycles. The number of carbonyl (C=O) groups excluding carboxylic acids is 1. The Balaban J connectivity index is 0.00000182. The zero-order valence-electron chi connectivity index (χ0n) is 14.8. The molecule has 2 bridgehead atoms. The summed E-state index contributed by atoms with van der Waals surface area (Å²) in [5.74, 6) is 0.962. The molecule has 1 N–H and O–H groups in total. The van der Waals surface area contributed by atoms with Gasteiger partial charge in [0.15, 0.2) is 0 Å². The van der Waals surface area contributed by atoms with E-state index in [9.17, 15) is 9.18 Å². The van der Waals surface area contributed by atoms with Crippen molar-refractivity contribution in [1.29, 1.82) is 0 Å². The number of piperidine rings is 1. The smallest absolute Gasteiger partial charge is 0.223 e. The van der Waals surface area contributed by atoms with Gasteiger partial charge in [-0.2, -0.15) is 0 Å². The van der Waals surface area contributed by atoms with Crippen molar-refractivity contribution in [2.24, 2.45) is 11.8 Å². The SMILES string of the molecule is CC1CC(c2ccccc2F)N(C(=O)CC2CC3CCC(C2)N3)C1.Cl. The summed E-state index contributed by atoms with van der Waals surface area (Å²) >= 11 is 0. The normalized spacial score (nSPS) is 34.0. The van der Waals surface area contributed by atoms with Crippen LogP contribution in [0.25, 0.3) is 0 Å². The van der Waals surface area contributed by atoms with E-state index in [2.05, 4.69) is 12.2 Å². The predicted molar refractivity (Wildman–Crippen MR) is 99.2 cm³/mol. The van der Waals surface area contributed by atoms with Crippen molar-refractivity contribution in [1.82, 2.24) is 10.2 Å². The molecule has 3 aliphatic rings. The van der Waals surface area contributed by atoms with E-state index in [0.717, 1.165) is 25.8 Å². The number of carbonyl (C=O) groups is 1. The number of nitrogens with zero attached hydrogens (tertiary/aromatic N) is 1. The molecule has 3 aliphatic heterocycles. The van der Waals surface area contributed by atoms with Crippen LogP contribution in [0.4, 0.5) is 4.39 Å². The average molecular weight is 367 g/mol. The Labute approximate surface area is 155 Å². The first-order valence-electron chi connectivity index (χ1n) is 9.40. The molecule has 3 saturated heterocycles. The van der Waals surface area contributed by atoms with Gasteiger partial charge in [0, 0.05) is 30.6 Å². The van der Waals surface area contributed by atoms with Crippen LogP contribution in [0.15, 0.2) is 24.3 Å². The summed E-state index contributed by atoms with van der Waals surface area (Å²) in [5, 5.41) is 3.64. The van der Waals surface area contributed by atoms with Gasteiger partial charge in [-0.25, -0.2) is 4.39 Å². The van der Waals surface area contributed by atoms with E-state index in [1.54, 1.807) is 6.07 Å². The fourth-order valence-corrected chi connectivity index (χ4v) is 5.07. The highest BCUT2D eigenvalue weighted by molar-refractivity contribution is 5.85. The zero-order chi connectivity index (χ0) is 16.7. The monoisotopic (exact) mass is 366 g/mol. The minimum absolute atomic E-state index is 0. The number of rotatable bonds is 3. The summed E-state index contributed by atoms with van der Waals surface area (Å²) in [7, 11) is 0. The number of hydrogen-bond acceptors (Lipinski definition) is 2. The second-order valence-electron chi connectivity index (χ2n) is 8.10. The van der Waals surface area contributed by atoms with Crippen molar-refractivity contribution in [3.05, 3.63) is 35.6 Å². The minimum atomic E-state index is -0.186. The van der Waals surface area contributed by atoms with Crippen molar-refractivity contribution < 1.29 is 9.18 Å². The van der Waals surface area contributed by atoms with Gasteiger partial charge in [-0.1, -0.05) is 25.1 Å². The predicted octanol–water partition coefficient (Wildman–Crippen LogP) is 4.08. The quantitative estimate of drug-likeness (QED) is 0.874. The Morgan fingerprint density at radius 2 is 1.88 bits per heavy atom. The Kier molecular flexibility index (Phi) is 5.69. The maximum atomic E-state index is 14.2. The summed E-state index contributed by atoms with van der Waals surface area (Å²) in [4.78, 5) is 14.9. The molecule has 5 heteroatoms. The van der Waals surface area contributed by atoms with E-state index in [-0.39, 0.29) is 30.2 Å². The molecule has 4 rings (SSSR count). The molecule has 1 aromatic carbocycles. The topological polar surface area (TPSA) is 32.3 Å². The second kappa shape index (κ2) is 7.63. The summed E-state index contributed by atoms with van der Waals surface area (Å²) in [6, 6.07) is 8.06. The van der Waals surface area contributed by atoms with Crippen LogP contribution < -0.4 is 5.32 Å². The first kappa shape index (κ1) is 18.7. The van der Waals surface area contributed by atoms with Crippen LogP contribution in [0.1, 0.15) is 57.1 Å². The number of amides is 1. The fraction of sp³-hybridized carbons (Fsp3) is 0.650. The molecule has 3 heterocycles. The summed E-state index contributed by atoms with van der Waals surface area (Å²) in [6.45, 7) is 2.92. The molecule has 0 aliphatic carbocycles. The van der Waals surface area contributed by atoms with Crippen LogP contribution in [0.5, 0.6) is 0 Å². The highest BCUT2D eigenvalue weighted by Crippen LogP contribution is 2.39. The zero-order valence-corrected chi connectivity index (χ0v) is 15.6. The lowest BCUT2D eigenvalue weighted by Crippen LogP contribution is -2.40. The molecular formula is C20H28ClFN2O. The lowest BCUT2D eigenvalue weighted by molar-refractivity contribution is -0.133. The third kappa shape index (κ3) is 3.85. The Bertz CT molecular complexity index is 613. The van der Waals surface area contributed by atoms with Gasteiger partial charge in [0.1, 0.15) is 5.82 Å². The van der Waals surface area contributed by atoms with E-state index in [1.165, 1.54) is 18.9 Å². The Hall–Kier alpha value is -1.13. The number of benzene rings is 1. The maximum absolute atomic E-state index is 14.2. The van der Waals surface area contributed by atoms with Crippen molar-refractivity contribution in [3.63, 3.8) is 0 Å². The van der Waals surface area contributed by atoms with Gasteiger partial charge in [0.2, 0.25) is 5.91 Å². The van der Waals surface area contributed by atoms with Gasteiger partial charge in [0.25, 0.3) is 0 Å². The lowest BCUT2D eigenvalue weighted by Gasteiger charge is -2.31. The molecule has 0 aromatic heterocycles. The molecule has 1 aromatic rings. The average Bonchev–Trinajstić information content (AvgIpc) is 3.10. The lowest BCUT2D eigenvalue weighted by atomic mass is 9.89. The van der Waals surface area contributed by atoms with Gasteiger partial charge in [0.05, 0.1) is 6.04 Å². The standard InChI is InChI=1S/C20H27FN2O.ClH/c1-13-8-19(17-4-2-3-5-18(17)21)23(12-13)20(24)11-14-9-15-6-7-16(10-14)22-15;/h2-5,13-16,19,22H,6-12H2,1H3;1H. The summed E-state index contributed by atoms with van der Waals surface area (Å²) < 4.78 is 14.2. The molecule has 4 unspecified atom stereocenters. The highest BCUT2D eigenvalue weighted by atomic mass is 35.5. The summed E-state index contributed by atoms with van der Waals surface area (Å²) in [6.07, 6.45) is 6.25. The van der Waals surface area contributed by atoms with Crippen molar-refractivity contribution in [2.75, 3.05) is 6.54 Å². The molecule has 25 heavy (non-hydrogen) atoms. The number of likely N-dealkylation sites (tertiary alicyclic amines) is 1. The number of hydrogen-bond donors (Lipinski definition) is 1. The van der Waals surface area contributed by atoms with Gasteiger partial charge in [-0.3, -0.25) is 4.79 Å². The van der Waals surface area contributed by atoms with Gasteiger partial charge in [-0.15, -0.1) is 12.4 Å². The molecule has 138 valence electrons.